The molecule has 0 fully saturated rings. The molecule has 108 valence electrons. The summed E-state index contributed by atoms with van der Waals surface area (Å²) in [4.78, 5) is 2.42. The van der Waals surface area contributed by atoms with Gasteiger partial charge in [-0.3, -0.25) is 4.90 Å². The summed E-state index contributed by atoms with van der Waals surface area (Å²) in [5, 5.41) is 0. The number of hydrogen-bond donors (Lipinski definition) is 1. The third-order valence-corrected chi connectivity index (χ3v) is 4.58. The molecular formula is C17H30N2. The Labute approximate surface area is 119 Å². The smallest absolute Gasteiger partial charge is 0.0473 e. The van der Waals surface area contributed by atoms with Crippen LogP contribution in [0.5, 0.6) is 0 Å². The van der Waals surface area contributed by atoms with Gasteiger partial charge in [-0.05, 0) is 49.9 Å². The second kappa shape index (κ2) is 6.06. The molecule has 0 heterocycles. The Kier molecular flexibility index (Phi) is 5.17. The van der Waals surface area contributed by atoms with Gasteiger partial charge in [0, 0.05) is 18.6 Å². The predicted molar refractivity (Wildman–Crippen MR) is 84.4 cm³/mol. The van der Waals surface area contributed by atoms with E-state index >= 15 is 0 Å². The molecule has 19 heavy (non-hydrogen) atoms. The van der Waals surface area contributed by atoms with Gasteiger partial charge in [-0.1, -0.05) is 39.0 Å². The minimum absolute atomic E-state index is 0.250. The molecule has 0 spiro atoms. The van der Waals surface area contributed by atoms with Crippen LogP contribution in [-0.4, -0.2) is 24.5 Å². The molecule has 2 unspecified atom stereocenters. The zero-order valence-corrected chi connectivity index (χ0v) is 13.6. The van der Waals surface area contributed by atoms with Crippen molar-refractivity contribution in [3.8, 4) is 0 Å². The molecule has 0 saturated carbocycles. The largest absolute Gasteiger partial charge is 0.329 e. The number of rotatable bonds is 4. The van der Waals surface area contributed by atoms with E-state index in [1.54, 1.807) is 0 Å². The Morgan fingerprint density at radius 3 is 2.26 bits per heavy atom. The minimum Gasteiger partial charge on any atom is -0.329 e. The monoisotopic (exact) mass is 262 g/mol. The zero-order valence-electron chi connectivity index (χ0n) is 13.6. The predicted octanol–water partition coefficient (Wildman–Crippen LogP) is 3.67. The molecule has 0 radical (unpaired) electrons. The van der Waals surface area contributed by atoms with Gasteiger partial charge in [-0.25, -0.2) is 0 Å². The number of nitrogens with zero attached hydrogens (tertiary/aromatic N) is 1. The molecule has 1 aromatic carbocycles. The Morgan fingerprint density at radius 2 is 1.79 bits per heavy atom. The van der Waals surface area contributed by atoms with Crippen molar-refractivity contribution in [3.63, 3.8) is 0 Å². The van der Waals surface area contributed by atoms with E-state index in [1.165, 1.54) is 16.7 Å². The Bertz CT molecular complexity index is 418. The summed E-state index contributed by atoms with van der Waals surface area (Å²) in [6.07, 6.45) is 0. The van der Waals surface area contributed by atoms with Gasteiger partial charge in [0.2, 0.25) is 0 Å². The van der Waals surface area contributed by atoms with Gasteiger partial charge >= 0.3 is 0 Å². The van der Waals surface area contributed by atoms with Gasteiger partial charge in [0.25, 0.3) is 0 Å². The third kappa shape index (κ3) is 3.58. The fourth-order valence-electron chi connectivity index (χ4n) is 2.53. The lowest BCUT2D eigenvalue weighted by molar-refractivity contribution is 0.0998. The number of benzene rings is 1. The van der Waals surface area contributed by atoms with Crippen LogP contribution in [0.25, 0.3) is 0 Å². The molecule has 2 nitrogen and oxygen atoms in total. The molecule has 0 amide bonds. The van der Waals surface area contributed by atoms with Gasteiger partial charge in [-0.2, -0.15) is 0 Å². The molecular weight excluding hydrogens is 232 g/mol. The maximum absolute atomic E-state index is 6.06. The molecule has 2 heteroatoms. The van der Waals surface area contributed by atoms with Crippen LogP contribution in [0.1, 0.15) is 50.4 Å². The lowest BCUT2D eigenvalue weighted by atomic mass is 9.85. The van der Waals surface area contributed by atoms with Crippen LogP contribution in [0.3, 0.4) is 0 Å². The number of likely N-dealkylation sites (N-methyl/N-ethyl adjacent to an activating group) is 1. The van der Waals surface area contributed by atoms with E-state index in [0.717, 1.165) is 0 Å². The molecule has 0 aliphatic rings. The number of aryl methyl sites for hydroxylation is 1. The zero-order chi connectivity index (χ0) is 14.8. The summed E-state index contributed by atoms with van der Waals surface area (Å²) in [5.41, 5.74) is 10.4. The quantitative estimate of drug-likeness (QED) is 0.897. The van der Waals surface area contributed by atoms with Crippen LogP contribution in [0.2, 0.25) is 0 Å². The first-order valence-electron chi connectivity index (χ1n) is 7.18. The summed E-state index contributed by atoms with van der Waals surface area (Å²) >= 11 is 0. The lowest BCUT2D eigenvalue weighted by Gasteiger charge is -2.40. The Hall–Kier alpha value is -0.860. The molecule has 0 aliphatic heterocycles. The second-order valence-electron chi connectivity index (χ2n) is 6.75. The van der Waals surface area contributed by atoms with E-state index in [4.69, 9.17) is 5.73 Å². The highest BCUT2D eigenvalue weighted by molar-refractivity contribution is 5.35. The number of hydrogen-bond acceptors (Lipinski definition) is 2. The highest BCUT2D eigenvalue weighted by Crippen LogP contribution is 2.31. The van der Waals surface area contributed by atoms with Crippen LogP contribution < -0.4 is 5.73 Å². The van der Waals surface area contributed by atoms with Crippen LogP contribution in [0, 0.1) is 19.3 Å². The van der Waals surface area contributed by atoms with Gasteiger partial charge in [0.1, 0.15) is 0 Å². The first-order valence-corrected chi connectivity index (χ1v) is 7.18. The van der Waals surface area contributed by atoms with Crippen molar-refractivity contribution in [1.82, 2.24) is 4.90 Å². The fourth-order valence-corrected chi connectivity index (χ4v) is 2.53. The lowest BCUT2D eigenvalue weighted by Crippen LogP contribution is -2.44. The SMILES string of the molecule is Cc1cccc(C(CN)N(C)C(C)C(C)(C)C)c1C. The molecule has 0 aliphatic carbocycles. The van der Waals surface area contributed by atoms with E-state index in [9.17, 15) is 0 Å². The fraction of sp³-hybridized carbons (Fsp3) is 0.647. The summed E-state index contributed by atoms with van der Waals surface area (Å²) in [6, 6.07) is 7.27. The standard InChI is InChI=1S/C17H30N2/c1-12-9-8-10-15(13(12)2)16(11-18)19(7)14(3)17(4,5)6/h8-10,14,16H,11,18H2,1-7H3. The van der Waals surface area contributed by atoms with Gasteiger partial charge < -0.3 is 5.73 Å². The summed E-state index contributed by atoms with van der Waals surface area (Å²) in [7, 11) is 2.19. The molecule has 2 atom stereocenters. The molecule has 0 aromatic heterocycles. The maximum Gasteiger partial charge on any atom is 0.0473 e. The Morgan fingerprint density at radius 1 is 1.21 bits per heavy atom. The average Bonchev–Trinajstić information content (AvgIpc) is 2.33. The van der Waals surface area contributed by atoms with E-state index in [2.05, 4.69) is 71.7 Å². The maximum atomic E-state index is 6.06. The molecule has 0 bridgehead atoms. The van der Waals surface area contributed by atoms with Crippen molar-refractivity contribution >= 4 is 0 Å². The van der Waals surface area contributed by atoms with Gasteiger partial charge in [-0.15, -0.1) is 0 Å². The highest BCUT2D eigenvalue weighted by Gasteiger charge is 2.29. The summed E-state index contributed by atoms with van der Waals surface area (Å²) in [5.74, 6) is 0. The second-order valence-corrected chi connectivity index (χ2v) is 6.75. The molecule has 1 aromatic rings. The topological polar surface area (TPSA) is 29.3 Å². The van der Waals surface area contributed by atoms with Crippen molar-refractivity contribution in [3.05, 3.63) is 34.9 Å². The minimum atomic E-state index is 0.250. The van der Waals surface area contributed by atoms with Crippen molar-refractivity contribution in [1.29, 1.82) is 0 Å². The van der Waals surface area contributed by atoms with Crippen LogP contribution >= 0.6 is 0 Å². The molecule has 0 saturated heterocycles. The van der Waals surface area contributed by atoms with Crippen LogP contribution in [0.15, 0.2) is 18.2 Å². The molecule has 2 N–H and O–H groups in total. The van der Waals surface area contributed by atoms with E-state index < -0.39 is 0 Å². The normalized spacial score (nSPS) is 15.6. The highest BCUT2D eigenvalue weighted by atomic mass is 15.2. The summed E-state index contributed by atoms with van der Waals surface area (Å²) < 4.78 is 0. The third-order valence-electron chi connectivity index (χ3n) is 4.58. The van der Waals surface area contributed by atoms with E-state index in [-0.39, 0.29) is 11.5 Å². The van der Waals surface area contributed by atoms with Gasteiger partial charge in [0.05, 0.1) is 0 Å². The molecule has 1 rings (SSSR count). The van der Waals surface area contributed by atoms with Crippen molar-refractivity contribution in [2.45, 2.75) is 53.6 Å². The number of nitrogens with two attached hydrogens (primary N) is 1. The van der Waals surface area contributed by atoms with Crippen molar-refractivity contribution in [2.75, 3.05) is 13.6 Å². The van der Waals surface area contributed by atoms with E-state index in [1.807, 2.05) is 0 Å². The van der Waals surface area contributed by atoms with E-state index in [0.29, 0.717) is 12.6 Å². The van der Waals surface area contributed by atoms with Crippen LogP contribution in [0.4, 0.5) is 0 Å². The Balaban J connectivity index is 3.10. The van der Waals surface area contributed by atoms with Crippen molar-refractivity contribution < 1.29 is 0 Å². The van der Waals surface area contributed by atoms with Crippen molar-refractivity contribution in [2.24, 2.45) is 11.1 Å². The first kappa shape index (κ1) is 16.2. The average molecular weight is 262 g/mol. The van der Waals surface area contributed by atoms with Crippen LogP contribution in [-0.2, 0) is 0 Å². The summed E-state index contributed by atoms with van der Waals surface area (Å²) in [6.45, 7) is 14.2. The first-order chi connectivity index (χ1) is 8.70. The van der Waals surface area contributed by atoms with Gasteiger partial charge in [0.15, 0.2) is 0 Å².